The molecular weight excluding hydrogens is 338 g/mol. The summed E-state index contributed by atoms with van der Waals surface area (Å²) in [5.74, 6) is -0.302. The normalized spacial score (nSPS) is 10.8. The van der Waals surface area contributed by atoms with Crippen molar-refractivity contribution in [2.45, 2.75) is 0 Å². The van der Waals surface area contributed by atoms with E-state index in [4.69, 9.17) is 56.8 Å². The molecule has 0 spiro atoms. The van der Waals surface area contributed by atoms with Crippen LogP contribution in [0.1, 0.15) is 0 Å². The van der Waals surface area contributed by atoms with Crippen LogP contribution in [0.5, 0.6) is 5.75 Å². The van der Waals surface area contributed by atoms with E-state index < -0.39 is 0 Å². The molecular formula is C10H6Cl4N2O3. The Kier molecular flexibility index (Phi) is 4.06. The largest absolute Gasteiger partial charge is 0.506 e. The Morgan fingerprint density at radius 2 is 1.68 bits per heavy atom. The van der Waals surface area contributed by atoms with Gasteiger partial charge in [0.1, 0.15) is 21.6 Å². The van der Waals surface area contributed by atoms with Crippen LogP contribution >= 0.6 is 46.4 Å². The Hall–Kier alpha value is -0.820. The van der Waals surface area contributed by atoms with E-state index in [-0.39, 0.29) is 48.1 Å². The number of halogens is 4. The molecule has 0 aliphatic carbocycles. The van der Waals surface area contributed by atoms with E-state index in [2.05, 4.69) is 4.98 Å². The van der Waals surface area contributed by atoms with Crippen molar-refractivity contribution in [1.29, 1.82) is 0 Å². The molecule has 1 aromatic carbocycles. The van der Waals surface area contributed by atoms with Gasteiger partial charge in [0, 0.05) is 10.6 Å². The predicted octanol–water partition coefficient (Wildman–Crippen LogP) is 4.59. The lowest BCUT2D eigenvalue weighted by Gasteiger charge is -2.11. The fourth-order valence-corrected chi connectivity index (χ4v) is 2.47. The number of phenolic OH excluding ortho intramolecular Hbond substituents is 1. The van der Waals surface area contributed by atoms with Crippen molar-refractivity contribution in [3.8, 4) is 17.0 Å². The van der Waals surface area contributed by atoms with Crippen molar-refractivity contribution in [3.05, 3.63) is 32.4 Å². The van der Waals surface area contributed by atoms with E-state index in [9.17, 15) is 5.11 Å². The van der Waals surface area contributed by atoms with E-state index in [1.165, 1.54) is 12.1 Å². The van der Waals surface area contributed by atoms with Gasteiger partial charge < -0.3 is 10.1 Å². The molecule has 19 heavy (non-hydrogen) atoms. The smallest absolute Gasteiger partial charge is 0.143 e. The first-order valence-corrected chi connectivity index (χ1v) is 6.27. The van der Waals surface area contributed by atoms with E-state index in [0.717, 1.165) is 0 Å². The maximum absolute atomic E-state index is 9.90. The van der Waals surface area contributed by atoms with Crippen molar-refractivity contribution in [2.75, 3.05) is 5.23 Å². The van der Waals surface area contributed by atoms with Crippen molar-refractivity contribution in [1.82, 2.24) is 4.98 Å². The molecule has 0 saturated heterocycles. The fourth-order valence-electron chi connectivity index (χ4n) is 1.58. The minimum atomic E-state index is -0.302. The highest BCUT2D eigenvalue weighted by atomic mass is 35.5. The van der Waals surface area contributed by atoms with Gasteiger partial charge in [-0.25, -0.2) is 0 Å². The van der Waals surface area contributed by atoms with Crippen molar-refractivity contribution >= 4 is 52.1 Å². The minimum absolute atomic E-state index is 0.00211. The summed E-state index contributed by atoms with van der Waals surface area (Å²) in [4.78, 5) is 2.60. The van der Waals surface area contributed by atoms with Gasteiger partial charge in [0.25, 0.3) is 0 Å². The van der Waals surface area contributed by atoms with E-state index >= 15 is 0 Å². The number of hydrogen-bond donors (Lipinski definition) is 4. The molecule has 0 aliphatic rings. The van der Waals surface area contributed by atoms with Gasteiger partial charge in [0.05, 0.1) is 10.7 Å². The van der Waals surface area contributed by atoms with Gasteiger partial charge in [0.15, 0.2) is 0 Å². The monoisotopic (exact) mass is 342 g/mol. The second-order valence-electron chi connectivity index (χ2n) is 3.55. The van der Waals surface area contributed by atoms with Crippen LogP contribution in [0.2, 0.25) is 20.2 Å². The summed E-state index contributed by atoms with van der Waals surface area (Å²) in [5.41, 5.74) is -0.0587. The molecule has 0 radical (unpaired) electrons. The molecule has 4 N–H and O–H groups in total. The van der Waals surface area contributed by atoms with E-state index in [1.54, 1.807) is 0 Å². The van der Waals surface area contributed by atoms with E-state index in [0.29, 0.717) is 0 Å². The number of aromatic amines is 1. The molecule has 1 aromatic heterocycles. The molecule has 2 aromatic rings. The molecule has 5 nitrogen and oxygen atoms in total. The zero-order valence-electron chi connectivity index (χ0n) is 8.96. The summed E-state index contributed by atoms with van der Waals surface area (Å²) in [6.45, 7) is 0. The maximum atomic E-state index is 9.90. The number of benzene rings is 1. The summed E-state index contributed by atoms with van der Waals surface area (Å²) in [6, 6.07) is 2.71. The molecule has 102 valence electrons. The summed E-state index contributed by atoms with van der Waals surface area (Å²) in [6.07, 6.45) is 0. The van der Waals surface area contributed by atoms with Gasteiger partial charge in [-0.15, -0.1) is 5.23 Å². The highest BCUT2D eigenvalue weighted by Crippen LogP contribution is 2.45. The quantitative estimate of drug-likeness (QED) is 0.601. The molecule has 0 saturated carbocycles. The van der Waals surface area contributed by atoms with Crippen LogP contribution in [0.25, 0.3) is 11.3 Å². The van der Waals surface area contributed by atoms with Gasteiger partial charge in [0.2, 0.25) is 0 Å². The molecule has 0 atom stereocenters. The summed E-state index contributed by atoms with van der Waals surface area (Å²) < 4.78 is 0. The molecule has 9 heteroatoms. The summed E-state index contributed by atoms with van der Waals surface area (Å²) in [5, 5.41) is 28.1. The predicted molar refractivity (Wildman–Crippen MR) is 74.0 cm³/mol. The molecule has 0 bridgehead atoms. The minimum Gasteiger partial charge on any atom is -0.506 e. The van der Waals surface area contributed by atoms with Crippen molar-refractivity contribution < 1.29 is 15.5 Å². The number of anilines is 1. The highest BCUT2D eigenvalue weighted by molar-refractivity contribution is 6.44. The van der Waals surface area contributed by atoms with Crippen LogP contribution in [0.3, 0.4) is 0 Å². The van der Waals surface area contributed by atoms with Crippen LogP contribution in [0.15, 0.2) is 12.1 Å². The highest BCUT2D eigenvalue weighted by Gasteiger charge is 2.23. The second kappa shape index (κ2) is 5.28. The Balaban J connectivity index is 2.76. The van der Waals surface area contributed by atoms with Crippen LogP contribution in [-0.2, 0) is 0 Å². The van der Waals surface area contributed by atoms with Gasteiger partial charge in [-0.3, -0.25) is 10.4 Å². The molecule has 0 aliphatic heterocycles. The van der Waals surface area contributed by atoms with Crippen LogP contribution < -0.4 is 5.23 Å². The number of rotatable bonds is 2. The molecule has 2 rings (SSSR count). The molecule has 0 amide bonds. The lowest BCUT2D eigenvalue weighted by molar-refractivity contribution is 0.0296. The third-order valence-corrected chi connectivity index (χ3v) is 3.62. The van der Waals surface area contributed by atoms with Crippen LogP contribution in [0, 0.1) is 0 Å². The van der Waals surface area contributed by atoms with Crippen molar-refractivity contribution in [2.24, 2.45) is 0 Å². The maximum Gasteiger partial charge on any atom is 0.143 e. The third kappa shape index (κ3) is 2.58. The van der Waals surface area contributed by atoms with Gasteiger partial charge in [-0.2, -0.15) is 0 Å². The van der Waals surface area contributed by atoms with Crippen LogP contribution in [0.4, 0.5) is 5.69 Å². The third-order valence-electron chi connectivity index (χ3n) is 2.37. The Bertz CT molecular complexity index is 642. The number of nitrogens with zero attached hydrogens (tertiary/aromatic N) is 1. The Morgan fingerprint density at radius 3 is 2.26 bits per heavy atom. The van der Waals surface area contributed by atoms with E-state index in [1.807, 2.05) is 0 Å². The van der Waals surface area contributed by atoms with Gasteiger partial charge in [-0.1, -0.05) is 46.4 Å². The average molecular weight is 344 g/mol. The average Bonchev–Trinajstić information content (AvgIpc) is 2.60. The van der Waals surface area contributed by atoms with Crippen molar-refractivity contribution in [3.63, 3.8) is 0 Å². The number of nitrogens with one attached hydrogen (secondary N) is 1. The molecule has 1 heterocycles. The fraction of sp³-hybridized carbons (Fsp3) is 0. The number of H-pyrrole nitrogens is 1. The van der Waals surface area contributed by atoms with Crippen LogP contribution in [-0.4, -0.2) is 20.5 Å². The number of hydrogen-bond acceptors (Lipinski definition) is 4. The number of phenols is 1. The first-order valence-electron chi connectivity index (χ1n) is 4.76. The zero-order valence-corrected chi connectivity index (χ0v) is 12.0. The molecule has 0 unspecified atom stereocenters. The number of aromatic nitrogens is 1. The Morgan fingerprint density at radius 1 is 1.05 bits per heavy atom. The Labute approximate surface area is 127 Å². The second-order valence-corrected chi connectivity index (χ2v) is 5.15. The summed E-state index contributed by atoms with van der Waals surface area (Å²) in [7, 11) is 0. The lowest BCUT2D eigenvalue weighted by Crippen LogP contribution is -2.11. The van der Waals surface area contributed by atoms with Gasteiger partial charge >= 0.3 is 0 Å². The molecule has 0 fully saturated rings. The van der Waals surface area contributed by atoms with Gasteiger partial charge in [-0.05, 0) is 12.1 Å². The summed E-state index contributed by atoms with van der Waals surface area (Å²) >= 11 is 23.2. The first-order chi connectivity index (χ1) is 8.82. The zero-order chi connectivity index (χ0) is 14.3. The standard InChI is InChI=1S/C10H6Cl4N2O3/c11-3-1-4(9(17)5(12)2-3)7-8(16(18)19)6(13)10(14)15-7/h1-2,15,17-19H. The lowest BCUT2D eigenvalue weighted by atomic mass is 10.1. The SMILES string of the molecule is Oc1c(Cl)cc(Cl)cc1-c1[nH]c(Cl)c(Cl)c1N(O)O. The number of aromatic hydroxyl groups is 1. The topological polar surface area (TPSA) is 79.7 Å². The first kappa shape index (κ1) is 14.6.